The third-order valence-electron chi connectivity index (χ3n) is 4.24. The number of hydrogen-bond acceptors (Lipinski definition) is 7. The van der Waals surface area contributed by atoms with E-state index < -0.39 is 5.97 Å². The summed E-state index contributed by atoms with van der Waals surface area (Å²) in [4.78, 5) is 23.5. The van der Waals surface area contributed by atoms with Crippen molar-refractivity contribution in [2.75, 3.05) is 38.1 Å². The van der Waals surface area contributed by atoms with Crippen LogP contribution < -0.4 is 5.32 Å². The van der Waals surface area contributed by atoms with Crippen LogP contribution in [0, 0.1) is 13.8 Å². The van der Waals surface area contributed by atoms with Crippen molar-refractivity contribution >= 4 is 22.9 Å². The number of furan rings is 1. The van der Waals surface area contributed by atoms with E-state index in [0.717, 1.165) is 26.2 Å². The summed E-state index contributed by atoms with van der Waals surface area (Å²) in [5.41, 5.74) is 0.835. The first-order valence-corrected chi connectivity index (χ1v) is 8.51. The summed E-state index contributed by atoms with van der Waals surface area (Å²) in [6.45, 7) is 9.68. The van der Waals surface area contributed by atoms with E-state index in [1.165, 1.54) is 12.8 Å². The summed E-state index contributed by atoms with van der Waals surface area (Å²) < 4.78 is 10.8. The molecule has 0 radical (unpaired) electrons. The Bertz CT molecular complexity index is 735. The molecule has 0 aromatic carbocycles. The summed E-state index contributed by atoms with van der Waals surface area (Å²) in [6, 6.07) is 0. The highest BCUT2D eigenvalue weighted by molar-refractivity contribution is 6.07. The number of rotatable bonds is 6. The molecule has 0 atom stereocenters. The fraction of sp³-hybridized carbons (Fsp3) is 0.588. The summed E-state index contributed by atoms with van der Waals surface area (Å²) in [5.74, 6) is 1.35. The van der Waals surface area contributed by atoms with E-state index in [0.29, 0.717) is 40.7 Å². The Morgan fingerprint density at radius 3 is 2.75 bits per heavy atom. The molecule has 1 N–H and O–H groups in total. The molecular formula is C17H24N4O3. The Morgan fingerprint density at radius 1 is 1.29 bits per heavy atom. The Morgan fingerprint density at radius 2 is 2.04 bits per heavy atom. The van der Waals surface area contributed by atoms with Gasteiger partial charge < -0.3 is 19.4 Å². The number of carbonyl (C=O) groups is 1. The first-order valence-electron chi connectivity index (χ1n) is 8.51. The fourth-order valence-electron chi connectivity index (χ4n) is 3.13. The highest BCUT2D eigenvalue weighted by Crippen LogP contribution is 2.30. The zero-order valence-electron chi connectivity index (χ0n) is 14.5. The Balaban J connectivity index is 1.88. The molecule has 0 spiro atoms. The Hall–Kier alpha value is -2.15. The Kier molecular flexibility index (Phi) is 4.99. The molecule has 3 rings (SSSR count). The van der Waals surface area contributed by atoms with E-state index in [9.17, 15) is 4.79 Å². The second-order valence-corrected chi connectivity index (χ2v) is 6.03. The van der Waals surface area contributed by atoms with Crippen molar-refractivity contribution in [3.63, 3.8) is 0 Å². The van der Waals surface area contributed by atoms with E-state index in [4.69, 9.17) is 9.15 Å². The maximum Gasteiger partial charge on any atom is 0.342 e. The van der Waals surface area contributed by atoms with Gasteiger partial charge in [-0.3, -0.25) is 0 Å². The molecule has 130 valence electrons. The minimum atomic E-state index is -0.399. The molecular weight excluding hydrogens is 308 g/mol. The lowest BCUT2D eigenvalue weighted by Crippen LogP contribution is -2.26. The molecule has 0 aliphatic carbocycles. The van der Waals surface area contributed by atoms with E-state index >= 15 is 0 Å². The van der Waals surface area contributed by atoms with Crippen LogP contribution in [0.1, 0.15) is 41.7 Å². The van der Waals surface area contributed by atoms with Crippen LogP contribution in [0.15, 0.2) is 4.42 Å². The predicted molar refractivity (Wildman–Crippen MR) is 91.4 cm³/mol. The quantitative estimate of drug-likeness (QED) is 0.814. The third kappa shape index (κ3) is 3.36. The SMILES string of the molecule is CCOC(=O)c1c(C)oc2nc(C)nc(NCCN3CCCC3)c12. The molecule has 1 saturated heterocycles. The second kappa shape index (κ2) is 7.17. The number of aromatic nitrogens is 2. The highest BCUT2D eigenvalue weighted by atomic mass is 16.5. The third-order valence-corrected chi connectivity index (χ3v) is 4.24. The molecule has 1 aliphatic rings. The van der Waals surface area contributed by atoms with Crippen LogP contribution >= 0.6 is 0 Å². The number of nitrogens with zero attached hydrogens (tertiary/aromatic N) is 3. The molecule has 3 heterocycles. The van der Waals surface area contributed by atoms with Gasteiger partial charge >= 0.3 is 5.97 Å². The standard InChI is InChI=1S/C17H24N4O3/c1-4-23-17(22)13-11(2)24-16-14(13)15(19-12(3)20-16)18-7-10-21-8-5-6-9-21/h4-10H2,1-3H3,(H,18,19,20). The average Bonchev–Trinajstić information content (AvgIpc) is 3.14. The zero-order chi connectivity index (χ0) is 17.1. The van der Waals surface area contributed by atoms with Gasteiger partial charge in [0.25, 0.3) is 0 Å². The summed E-state index contributed by atoms with van der Waals surface area (Å²) >= 11 is 0. The number of esters is 1. The molecule has 0 unspecified atom stereocenters. The molecule has 0 bridgehead atoms. The topological polar surface area (TPSA) is 80.5 Å². The first kappa shape index (κ1) is 16.7. The maximum absolute atomic E-state index is 12.3. The predicted octanol–water partition coefficient (Wildman–Crippen LogP) is 2.52. The molecule has 0 saturated carbocycles. The number of carbonyl (C=O) groups excluding carboxylic acids is 1. The van der Waals surface area contributed by atoms with Crippen molar-refractivity contribution in [3.05, 3.63) is 17.1 Å². The van der Waals surface area contributed by atoms with E-state index in [1.807, 2.05) is 6.92 Å². The van der Waals surface area contributed by atoms with Crippen LogP contribution in [0.2, 0.25) is 0 Å². The maximum atomic E-state index is 12.3. The number of aryl methyl sites for hydroxylation is 2. The summed E-state index contributed by atoms with van der Waals surface area (Å²) in [7, 11) is 0. The minimum absolute atomic E-state index is 0.315. The van der Waals surface area contributed by atoms with Gasteiger partial charge in [0.15, 0.2) is 0 Å². The van der Waals surface area contributed by atoms with Gasteiger partial charge in [-0.2, -0.15) is 4.98 Å². The Labute approximate surface area is 141 Å². The number of nitrogens with one attached hydrogen (secondary N) is 1. The van der Waals surface area contributed by atoms with Crippen LogP contribution in [0.25, 0.3) is 11.1 Å². The normalized spacial score (nSPS) is 15.1. The van der Waals surface area contributed by atoms with Gasteiger partial charge in [-0.05, 0) is 46.7 Å². The molecule has 7 heteroatoms. The molecule has 1 aliphatic heterocycles. The number of hydrogen-bond donors (Lipinski definition) is 1. The monoisotopic (exact) mass is 332 g/mol. The van der Waals surface area contributed by atoms with Crippen LogP contribution in [-0.4, -0.2) is 53.6 Å². The lowest BCUT2D eigenvalue weighted by Gasteiger charge is -2.15. The summed E-state index contributed by atoms with van der Waals surface area (Å²) in [6.07, 6.45) is 2.54. The van der Waals surface area contributed by atoms with Gasteiger partial charge in [-0.25, -0.2) is 9.78 Å². The van der Waals surface area contributed by atoms with E-state index in [1.54, 1.807) is 13.8 Å². The zero-order valence-corrected chi connectivity index (χ0v) is 14.5. The van der Waals surface area contributed by atoms with Crippen molar-refractivity contribution in [1.29, 1.82) is 0 Å². The summed E-state index contributed by atoms with van der Waals surface area (Å²) in [5, 5.41) is 3.95. The van der Waals surface area contributed by atoms with Crippen LogP contribution in [0.5, 0.6) is 0 Å². The largest absolute Gasteiger partial charge is 0.462 e. The average molecular weight is 332 g/mol. The lowest BCUT2D eigenvalue weighted by molar-refractivity contribution is 0.0526. The van der Waals surface area contributed by atoms with Gasteiger partial charge in [0.1, 0.15) is 23.0 Å². The van der Waals surface area contributed by atoms with Crippen molar-refractivity contribution in [2.24, 2.45) is 0 Å². The van der Waals surface area contributed by atoms with Gasteiger partial charge in [0, 0.05) is 13.1 Å². The van der Waals surface area contributed by atoms with Crippen LogP contribution in [0.4, 0.5) is 5.82 Å². The van der Waals surface area contributed by atoms with Gasteiger partial charge in [-0.15, -0.1) is 0 Å². The van der Waals surface area contributed by atoms with Gasteiger partial charge in [0.05, 0.1) is 12.0 Å². The molecule has 24 heavy (non-hydrogen) atoms. The molecule has 2 aromatic heterocycles. The molecule has 7 nitrogen and oxygen atoms in total. The minimum Gasteiger partial charge on any atom is -0.462 e. The van der Waals surface area contributed by atoms with Crippen LogP contribution in [-0.2, 0) is 4.74 Å². The molecule has 1 fully saturated rings. The smallest absolute Gasteiger partial charge is 0.342 e. The van der Waals surface area contributed by atoms with Crippen molar-refractivity contribution in [1.82, 2.24) is 14.9 Å². The van der Waals surface area contributed by atoms with Gasteiger partial charge in [-0.1, -0.05) is 0 Å². The van der Waals surface area contributed by atoms with Crippen molar-refractivity contribution in [2.45, 2.75) is 33.6 Å². The van der Waals surface area contributed by atoms with Crippen LogP contribution in [0.3, 0.4) is 0 Å². The number of ether oxygens (including phenoxy) is 1. The van der Waals surface area contributed by atoms with E-state index in [-0.39, 0.29) is 0 Å². The second-order valence-electron chi connectivity index (χ2n) is 6.03. The number of fused-ring (bicyclic) bond motifs is 1. The number of anilines is 1. The van der Waals surface area contributed by atoms with Crippen molar-refractivity contribution < 1.29 is 13.9 Å². The molecule has 0 amide bonds. The van der Waals surface area contributed by atoms with Gasteiger partial charge in [0.2, 0.25) is 5.71 Å². The first-order chi connectivity index (χ1) is 11.6. The fourth-order valence-corrected chi connectivity index (χ4v) is 3.13. The van der Waals surface area contributed by atoms with E-state index in [2.05, 4.69) is 20.2 Å². The highest BCUT2D eigenvalue weighted by Gasteiger charge is 2.24. The van der Waals surface area contributed by atoms with Crippen molar-refractivity contribution in [3.8, 4) is 0 Å². The lowest BCUT2D eigenvalue weighted by atomic mass is 10.2. The molecule has 2 aromatic rings. The number of likely N-dealkylation sites (tertiary alicyclic amines) is 1.